The highest BCUT2D eigenvalue weighted by atomic mass is 16.6. The molecule has 0 aliphatic rings. The number of alkyl carbamates (subject to hydrolysis) is 1. The predicted molar refractivity (Wildman–Crippen MR) is 79.0 cm³/mol. The Labute approximate surface area is 134 Å². The first-order valence-electron chi connectivity index (χ1n) is 7.07. The highest BCUT2D eigenvalue weighted by Gasteiger charge is 2.25. The molecule has 1 aromatic carbocycles. The summed E-state index contributed by atoms with van der Waals surface area (Å²) < 4.78 is 10.0. The molecule has 0 fully saturated rings. The van der Waals surface area contributed by atoms with Crippen LogP contribution in [0.5, 0.6) is 0 Å². The minimum absolute atomic E-state index is 0.0286. The fourth-order valence-electron chi connectivity index (χ4n) is 1.64. The van der Waals surface area contributed by atoms with Gasteiger partial charge in [-0.05, 0) is 26.3 Å². The van der Waals surface area contributed by atoms with E-state index in [1.54, 1.807) is 45.0 Å². The molecule has 126 valence electrons. The van der Waals surface area contributed by atoms with E-state index in [9.17, 15) is 19.5 Å². The molecule has 1 amide bonds. The zero-order chi connectivity index (χ0) is 17.5. The number of carbonyl (C=O) groups excluding carboxylic acids is 3. The van der Waals surface area contributed by atoms with Crippen molar-refractivity contribution in [3.05, 3.63) is 35.9 Å². The van der Waals surface area contributed by atoms with Crippen LogP contribution in [0.25, 0.3) is 0 Å². The van der Waals surface area contributed by atoms with E-state index in [4.69, 9.17) is 9.47 Å². The molecule has 0 saturated carbocycles. The molecule has 1 aromatic rings. The molecular weight excluding hydrogens is 302 g/mol. The van der Waals surface area contributed by atoms with Crippen LogP contribution in [0.2, 0.25) is 0 Å². The Balaban J connectivity index is 2.63. The van der Waals surface area contributed by atoms with Crippen LogP contribution in [-0.4, -0.2) is 29.7 Å². The molecule has 0 spiro atoms. The summed E-state index contributed by atoms with van der Waals surface area (Å²) in [6.07, 6.45) is -1.60. The monoisotopic (exact) mass is 322 g/mol. The number of nitrogens with one attached hydrogen (secondary N) is 1. The molecule has 0 heterocycles. The van der Waals surface area contributed by atoms with Gasteiger partial charge in [0.15, 0.2) is 0 Å². The number of carbonyl (C=O) groups is 3. The van der Waals surface area contributed by atoms with E-state index in [0.717, 1.165) is 5.56 Å². The van der Waals surface area contributed by atoms with Gasteiger partial charge < -0.3 is 24.7 Å². The standard InChI is InChI=1S/C16H21NO6/c1-16(2,3)23-15(21)17-12(9-13(18)19)14(20)22-10-11-7-5-4-6-8-11/h4-8,12H,9-10H2,1-3H3,(H,17,21)(H,18,19)/p-1. The molecule has 0 saturated heterocycles. The van der Waals surface area contributed by atoms with Gasteiger partial charge in [0.25, 0.3) is 0 Å². The lowest BCUT2D eigenvalue weighted by atomic mass is 10.2. The van der Waals surface area contributed by atoms with Gasteiger partial charge in [0.05, 0.1) is 0 Å². The van der Waals surface area contributed by atoms with Gasteiger partial charge >= 0.3 is 12.1 Å². The summed E-state index contributed by atoms with van der Waals surface area (Å²) in [6, 6.07) is 7.50. The maximum atomic E-state index is 12.0. The lowest BCUT2D eigenvalue weighted by Crippen LogP contribution is -2.47. The van der Waals surface area contributed by atoms with Gasteiger partial charge in [-0.3, -0.25) is 0 Å². The summed E-state index contributed by atoms with van der Waals surface area (Å²) in [5.74, 6) is -2.35. The SMILES string of the molecule is CC(C)(C)OC(=O)NC(CC(=O)[O-])C(=O)OCc1ccccc1. The lowest BCUT2D eigenvalue weighted by Gasteiger charge is -2.23. The number of hydrogen-bond donors (Lipinski definition) is 1. The Morgan fingerprint density at radius 1 is 1.17 bits per heavy atom. The number of ether oxygens (including phenoxy) is 2. The Bertz CT molecular complexity index is 549. The minimum atomic E-state index is -1.48. The van der Waals surface area contributed by atoms with Gasteiger partial charge in [0.2, 0.25) is 0 Å². The van der Waals surface area contributed by atoms with Crippen molar-refractivity contribution >= 4 is 18.0 Å². The number of benzene rings is 1. The molecule has 0 radical (unpaired) electrons. The van der Waals surface area contributed by atoms with E-state index >= 15 is 0 Å². The number of esters is 1. The summed E-state index contributed by atoms with van der Waals surface area (Å²) in [4.78, 5) is 34.4. The first-order valence-corrected chi connectivity index (χ1v) is 7.07. The average Bonchev–Trinajstić information content (AvgIpc) is 2.42. The van der Waals surface area contributed by atoms with Crippen molar-refractivity contribution in [3.8, 4) is 0 Å². The van der Waals surface area contributed by atoms with Crippen LogP contribution in [0.3, 0.4) is 0 Å². The van der Waals surface area contributed by atoms with Crippen molar-refractivity contribution in [2.75, 3.05) is 0 Å². The van der Waals surface area contributed by atoms with Crippen LogP contribution in [0.4, 0.5) is 4.79 Å². The Hall–Kier alpha value is -2.57. The fourth-order valence-corrected chi connectivity index (χ4v) is 1.64. The first kappa shape index (κ1) is 18.5. The van der Waals surface area contributed by atoms with Crippen LogP contribution in [0.1, 0.15) is 32.8 Å². The third-order valence-corrected chi connectivity index (χ3v) is 2.57. The number of amides is 1. The largest absolute Gasteiger partial charge is 0.550 e. The normalized spacial score (nSPS) is 12.1. The highest BCUT2D eigenvalue weighted by molar-refractivity contribution is 5.85. The summed E-state index contributed by atoms with van der Waals surface area (Å²) in [7, 11) is 0. The zero-order valence-corrected chi connectivity index (χ0v) is 13.3. The van der Waals surface area contributed by atoms with E-state index in [0.29, 0.717) is 0 Å². The topological polar surface area (TPSA) is 105 Å². The van der Waals surface area contributed by atoms with Crippen molar-refractivity contribution in [3.63, 3.8) is 0 Å². The van der Waals surface area contributed by atoms with Crippen molar-refractivity contribution in [1.29, 1.82) is 0 Å². The van der Waals surface area contributed by atoms with Crippen LogP contribution in [0.15, 0.2) is 30.3 Å². The van der Waals surface area contributed by atoms with Crippen LogP contribution < -0.4 is 10.4 Å². The van der Waals surface area contributed by atoms with E-state index in [1.807, 2.05) is 6.07 Å². The molecule has 0 aromatic heterocycles. The fraction of sp³-hybridized carbons (Fsp3) is 0.438. The van der Waals surface area contributed by atoms with E-state index in [1.165, 1.54) is 0 Å². The van der Waals surface area contributed by atoms with E-state index in [-0.39, 0.29) is 6.61 Å². The summed E-state index contributed by atoms with van der Waals surface area (Å²) in [5.41, 5.74) is -0.0327. The van der Waals surface area contributed by atoms with E-state index < -0.39 is 36.1 Å². The maximum Gasteiger partial charge on any atom is 0.408 e. The van der Waals surface area contributed by atoms with Crippen molar-refractivity contribution in [2.45, 2.75) is 45.4 Å². The van der Waals surface area contributed by atoms with Gasteiger partial charge in [-0.25, -0.2) is 9.59 Å². The van der Waals surface area contributed by atoms with Crippen molar-refractivity contribution < 1.29 is 29.0 Å². The second-order valence-electron chi connectivity index (χ2n) is 5.87. The van der Waals surface area contributed by atoms with Gasteiger partial charge in [-0.2, -0.15) is 0 Å². The van der Waals surface area contributed by atoms with Crippen LogP contribution in [-0.2, 0) is 25.7 Å². The number of hydrogen-bond acceptors (Lipinski definition) is 6. The third kappa shape index (κ3) is 7.85. The quantitative estimate of drug-likeness (QED) is 0.775. The molecule has 1 atom stereocenters. The average molecular weight is 322 g/mol. The Kier molecular flexibility index (Phi) is 6.56. The van der Waals surface area contributed by atoms with Gasteiger partial charge in [-0.1, -0.05) is 30.3 Å². The lowest BCUT2D eigenvalue weighted by molar-refractivity contribution is -0.306. The second kappa shape index (κ2) is 8.17. The molecule has 1 N–H and O–H groups in total. The summed E-state index contributed by atoms with van der Waals surface area (Å²) >= 11 is 0. The number of carboxylic acids is 1. The third-order valence-electron chi connectivity index (χ3n) is 2.57. The molecule has 1 unspecified atom stereocenters. The molecule has 7 heteroatoms. The number of aliphatic carboxylic acids is 1. The van der Waals surface area contributed by atoms with Gasteiger partial charge in [-0.15, -0.1) is 0 Å². The highest BCUT2D eigenvalue weighted by Crippen LogP contribution is 2.08. The van der Waals surface area contributed by atoms with Crippen molar-refractivity contribution in [1.82, 2.24) is 5.32 Å². The van der Waals surface area contributed by atoms with Gasteiger partial charge in [0.1, 0.15) is 18.2 Å². The molecule has 0 aliphatic heterocycles. The summed E-state index contributed by atoms with van der Waals surface area (Å²) in [5, 5.41) is 12.9. The molecule has 1 rings (SSSR count). The zero-order valence-electron chi connectivity index (χ0n) is 13.3. The van der Waals surface area contributed by atoms with Crippen molar-refractivity contribution in [2.24, 2.45) is 0 Å². The number of rotatable bonds is 6. The number of carboxylic acid groups (broad SMARTS) is 1. The molecule has 7 nitrogen and oxygen atoms in total. The maximum absolute atomic E-state index is 12.0. The second-order valence-corrected chi connectivity index (χ2v) is 5.87. The molecule has 0 bridgehead atoms. The van der Waals surface area contributed by atoms with Crippen LogP contribution in [0, 0.1) is 0 Å². The molecule has 23 heavy (non-hydrogen) atoms. The van der Waals surface area contributed by atoms with E-state index in [2.05, 4.69) is 5.32 Å². The molecular formula is C16H20NO6-. The first-order chi connectivity index (χ1) is 10.7. The summed E-state index contributed by atoms with van der Waals surface area (Å²) in [6.45, 7) is 4.91. The smallest absolute Gasteiger partial charge is 0.408 e. The minimum Gasteiger partial charge on any atom is -0.550 e. The van der Waals surface area contributed by atoms with Gasteiger partial charge in [0, 0.05) is 12.4 Å². The Morgan fingerprint density at radius 3 is 2.30 bits per heavy atom. The molecule has 0 aliphatic carbocycles. The Morgan fingerprint density at radius 2 is 1.78 bits per heavy atom. The van der Waals surface area contributed by atoms with Crippen LogP contribution >= 0.6 is 0 Å². The predicted octanol–water partition coefficient (Wildman–Crippen LogP) is 0.763.